The molecular weight excluding hydrogens is 484 g/mol. The summed E-state index contributed by atoms with van der Waals surface area (Å²) in [5, 5.41) is 10.1. The van der Waals surface area contributed by atoms with Crippen LogP contribution in [0.3, 0.4) is 0 Å². The number of rotatable bonds is 6. The Morgan fingerprint density at radius 1 is 1.11 bits per heavy atom. The van der Waals surface area contributed by atoms with Crippen molar-refractivity contribution in [3.05, 3.63) is 54.1 Å². The van der Waals surface area contributed by atoms with Crippen LogP contribution >= 0.6 is 0 Å². The number of pyridine rings is 1. The van der Waals surface area contributed by atoms with Crippen LogP contribution in [0.2, 0.25) is 0 Å². The molecular formula is C27H32N8OS. The molecule has 1 unspecified atom stereocenters. The van der Waals surface area contributed by atoms with Crippen LogP contribution in [0.15, 0.2) is 42.9 Å². The molecule has 2 aliphatic rings. The van der Waals surface area contributed by atoms with E-state index in [1.807, 2.05) is 32.4 Å². The Balaban J connectivity index is 1.28. The Bertz CT molecular complexity index is 1450. The van der Waals surface area contributed by atoms with Crippen LogP contribution < -0.4 is 10.2 Å². The maximum Gasteiger partial charge on any atom is 0.164 e. The SMILES string of the molecule is Cc1nn(C)cc1-c1nccc(Nc2cc3c(C(C)C)ccc(N4CC(N5CCC[S+]5[O-])C4)c3cn2)n1. The third-order valence-corrected chi connectivity index (χ3v) is 8.91. The fourth-order valence-electron chi connectivity index (χ4n) is 5.35. The maximum absolute atomic E-state index is 12.3. The van der Waals surface area contributed by atoms with E-state index in [4.69, 9.17) is 9.97 Å². The van der Waals surface area contributed by atoms with Crippen molar-refractivity contribution in [3.63, 3.8) is 0 Å². The summed E-state index contributed by atoms with van der Waals surface area (Å²) in [5.74, 6) is 3.24. The second kappa shape index (κ2) is 9.59. The number of aromatic nitrogens is 5. The standard InChI is InChI=1S/C27H32N8OS/c1-17(2)20-6-7-24(34-14-19(15-34)35-10-5-11-37(35)36)22-13-29-26(12-21(20)22)30-25-8-9-28-27(31-25)23-16-33(4)32-18(23)3/h6-9,12-13,16-17,19H,5,10-11,14-15H2,1-4H3,(H,28,29,30,31). The van der Waals surface area contributed by atoms with Gasteiger partial charge in [0.05, 0.1) is 17.3 Å². The summed E-state index contributed by atoms with van der Waals surface area (Å²) in [6, 6.07) is 8.80. The normalized spacial score (nSPS) is 18.6. The molecule has 0 bridgehead atoms. The summed E-state index contributed by atoms with van der Waals surface area (Å²) < 4.78 is 16.2. The number of nitrogens with one attached hydrogen (secondary N) is 1. The van der Waals surface area contributed by atoms with Crippen LogP contribution in [0.5, 0.6) is 0 Å². The number of fused-ring (bicyclic) bond motifs is 1. The van der Waals surface area contributed by atoms with Gasteiger partial charge in [-0.1, -0.05) is 19.9 Å². The van der Waals surface area contributed by atoms with Gasteiger partial charge in [-0.2, -0.15) is 5.10 Å². The number of anilines is 3. The van der Waals surface area contributed by atoms with Crippen molar-refractivity contribution in [2.45, 2.75) is 39.2 Å². The first-order valence-electron chi connectivity index (χ1n) is 12.8. The van der Waals surface area contributed by atoms with Gasteiger partial charge in [0.2, 0.25) is 0 Å². The number of hydrogen-bond acceptors (Lipinski definition) is 8. The van der Waals surface area contributed by atoms with E-state index >= 15 is 0 Å². The zero-order valence-electron chi connectivity index (χ0n) is 21.7. The Kier molecular flexibility index (Phi) is 6.26. The van der Waals surface area contributed by atoms with E-state index in [1.165, 1.54) is 16.6 Å². The molecule has 2 saturated heterocycles. The molecule has 1 aromatic carbocycles. The Hall–Kier alpha value is -3.21. The van der Waals surface area contributed by atoms with Crippen molar-refractivity contribution in [1.82, 2.24) is 29.0 Å². The van der Waals surface area contributed by atoms with Crippen molar-refractivity contribution < 1.29 is 4.55 Å². The van der Waals surface area contributed by atoms with Crippen molar-refractivity contribution in [1.29, 1.82) is 0 Å². The Morgan fingerprint density at radius 2 is 1.95 bits per heavy atom. The summed E-state index contributed by atoms with van der Waals surface area (Å²) >= 11 is -0.814. The Labute approximate surface area is 220 Å². The first-order valence-corrected chi connectivity index (χ1v) is 14.1. The predicted molar refractivity (Wildman–Crippen MR) is 148 cm³/mol. The average Bonchev–Trinajstić information content (AvgIpc) is 3.42. The minimum atomic E-state index is -0.814. The van der Waals surface area contributed by atoms with Gasteiger partial charge in [-0.15, -0.1) is 4.31 Å². The predicted octanol–water partition coefficient (Wildman–Crippen LogP) is 4.16. The molecule has 1 N–H and O–H groups in total. The summed E-state index contributed by atoms with van der Waals surface area (Å²) in [6.07, 6.45) is 6.68. The highest BCUT2D eigenvalue weighted by Gasteiger charge is 2.41. The minimum Gasteiger partial charge on any atom is -0.598 e. The maximum atomic E-state index is 12.3. The molecule has 0 spiro atoms. The molecule has 1 atom stereocenters. The van der Waals surface area contributed by atoms with E-state index in [0.717, 1.165) is 54.3 Å². The molecule has 192 valence electrons. The summed E-state index contributed by atoms with van der Waals surface area (Å²) in [6.45, 7) is 9.15. The van der Waals surface area contributed by atoms with E-state index in [2.05, 4.69) is 56.7 Å². The quantitative estimate of drug-likeness (QED) is 0.382. The van der Waals surface area contributed by atoms with Crippen molar-refractivity contribution in [2.75, 3.05) is 35.6 Å². The van der Waals surface area contributed by atoms with Crippen LogP contribution in [0.4, 0.5) is 17.3 Å². The van der Waals surface area contributed by atoms with E-state index in [1.54, 1.807) is 10.9 Å². The van der Waals surface area contributed by atoms with Crippen LogP contribution in [0, 0.1) is 6.92 Å². The molecule has 5 heterocycles. The van der Waals surface area contributed by atoms with E-state index < -0.39 is 11.4 Å². The molecule has 0 amide bonds. The van der Waals surface area contributed by atoms with Crippen molar-refractivity contribution >= 4 is 39.5 Å². The van der Waals surface area contributed by atoms with Crippen LogP contribution in [0.1, 0.15) is 37.4 Å². The molecule has 0 aliphatic carbocycles. The number of benzene rings is 1. The molecule has 0 saturated carbocycles. The zero-order chi connectivity index (χ0) is 25.7. The van der Waals surface area contributed by atoms with Gasteiger partial charge < -0.3 is 14.8 Å². The minimum absolute atomic E-state index is 0.368. The monoisotopic (exact) mass is 516 g/mol. The van der Waals surface area contributed by atoms with E-state index in [9.17, 15) is 4.55 Å². The van der Waals surface area contributed by atoms with Crippen molar-refractivity contribution in [2.24, 2.45) is 7.05 Å². The molecule has 2 fully saturated rings. The lowest BCUT2D eigenvalue weighted by Crippen LogP contribution is -2.59. The summed E-state index contributed by atoms with van der Waals surface area (Å²) in [7, 11) is 1.89. The Morgan fingerprint density at radius 3 is 2.65 bits per heavy atom. The van der Waals surface area contributed by atoms with Gasteiger partial charge in [0, 0.05) is 74.1 Å². The van der Waals surface area contributed by atoms with Crippen molar-refractivity contribution in [3.8, 4) is 11.4 Å². The molecule has 3 aromatic heterocycles. The summed E-state index contributed by atoms with van der Waals surface area (Å²) in [4.78, 5) is 16.3. The topological polar surface area (TPSA) is 98.1 Å². The molecule has 9 nitrogen and oxygen atoms in total. The number of aryl methyl sites for hydroxylation is 2. The van der Waals surface area contributed by atoms with E-state index in [-0.39, 0.29) is 0 Å². The molecule has 6 rings (SSSR count). The second-order valence-corrected chi connectivity index (χ2v) is 11.7. The van der Waals surface area contributed by atoms with E-state index in [0.29, 0.717) is 23.6 Å². The van der Waals surface area contributed by atoms with Gasteiger partial charge >= 0.3 is 0 Å². The summed E-state index contributed by atoms with van der Waals surface area (Å²) in [5.41, 5.74) is 4.28. The van der Waals surface area contributed by atoms with Gasteiger partial charge in [-0.25, -0.2) is 15.0 Å². The highest BCUT2D eigenvalue weighted by Crippen LogP contribution is 2.37. The smallest absolute Gasteiger partial charge is 0.164 e. The molecule has 4 aromatic rings. The third-order valence-electron chi connectivity index (χ3n) is 7.27. The molecule has 37 heavy (non-hydrogen) atoms. The first-order chi connectivity index (χ1) is 17.9. The number of nitrogens with zero attached hydrogens (tertiary/aromatic N) is 7. The second-order valence-electron chi connectivity index (χ2n) is 10.2. The molecule has 10 heteroatoms. The van der Waals surface area contributed by atoms with Gasteiger partial charge in [0.1, 0.15) is 17.4 Å². The fraction of sp³-hybridized carbons (Fsp3) is 0.407. The lowest BCUT2D eigenvalue weighted by Gasteiger charge is -2.44. The first kappa shape index (κ1) is 24.1. The van der Waals surface area contributed by atoms with Gasteiger partial charge in [-0.05, 0) is 42.0 Å². The fourth-order valence-corrected chi connectivity index (χ4v) is 6.76. The molecule has 0 radical (unpaired) electrons. The third kappa shape index (κ3) is 4.54. The number of hydrogen-bond donors (Lipinski definition) is 1. The zero-order valence-corrected chi connectivity index (χ0v) is 22.5. The van der Waals surface area contributed by atoms with Crippen LogP contribution in [-0.2, 0) is 18.4 Å². The van der Waals surface area contributed by atoms with Gasteiger partial charge in [0.25, 0.3) is 0 Å². The molecule has 2 aliphatic heterocycles. The highest BCUT2D eigenvalue weighted by molar-refractivity contribution is 7.89. The lowest BCUT2D eigenvalue weighted by atomic mass is 9.94. The van der Waals surface area contributed by atoms with Gasteiger partial charge in [0.15, 0.2) is 5.82 Å². The highest BCUT2D eigenvalue weighted by atomic mass is 32.2. The van der Waals surface area contributed by atoms with Gasteiger partial charge in [-0.3, -0.25) is 4.68 Å². The van der Waals surface area contributed by atoms with Crippen LogP contribution in [-0.4, -0.2) is 65.0 Å². The van der Waals surface area contributed by atoms with Crippen LogP contribution in [0.25, 0.3) is 22.2 Å². The average molecular weight is 517 g/mol. The lowest BCUT2D eigenvalue weighted by molar-refractivity contribution is 0.289. The largest absolute Gasteiger partial charge is 0.598 e.